The number of nitrogens with one attached hydrogen (secondary N) is 1. The molecule has 170 valence electrons. The molecule has 1 unspecified atom stereocenters. The first-order valence-corrected chi connectivity index (χ1v) is 10.3. The number of halogens is 3. The molecule has 0 aliphatic carbocycles. The number of nitrogens with zero attached hydrogens (tertiary/aromatic N) is 3. The van der Waals surface area contributed by atoms with Crippen LogP contribution in [0.4, 0.5) is 23.7 Å². The van der Waals surface area contributed by atoms with E-state index in [-0.39, 0.29) is 11.7 Å². The summed E-state index contributed by atoms with van der Waals surface area (Å²) in [4.78, 5) is 18.8. The molecule has 4 aromatic rings. The second-order valence-corrected chi connectivity index (χ2v) is 7.68. The summed E-state index contributed by atoms with van der Waals surface area (Å²) >= 11 is 0. The lowest BCUT2D eigenvalue weighted by Crippen LogP contribution is -2.46. The highest BCUT2D eigenvalue weighted by Gasteiger charge is 2.36. The zero-order valence-electron chi connectivity index (χ0n) is 17.8. The molecule has 0 bridgehead atoms. The number of allylic oxidation sites excluding steroid dienone is 1. The zero-order chi connectivity index (χ0) is 23.8. The van der Waals surface area contributed by atoms with Crippen molar-refractivity contribution in [2.24, 2.45) is 0 Å². The monoisotopic (exact) mass is 462 g/mol. The summed E-state index contributed by atoms with van der Waals surface area (Å²) in [6.45, 7) is 1.67. The van der Waals surface area contributed by atoms with Crippen LogP contribution in [0.15, 0.2) is 83.0 Å². The Balaban J connectivity index is 1.66. The van der Waals surface area contributed by atoms with Crippen molar-refractivity contribution in [2.75, 3.05) is 4.90 Å². The second kappa shape index (κ2) is 8.51. The van der Waals surface area contributed by atoms with E-state index in [1.807, 2.05) is 0 Å². The summed E-state index contributed by atoms with van der Waals surface area (Å²) in [5, 5.41) is 6.83. The van der Waals surface area contributed by atoms with Gasteiger partial charge in [-0.15, -0.1) is 0 Å². The number of hydrogen-bond donors (Lipinski definition) is 1. The fourth-order valence-electron chi connectivity index (χ4n) is 3.93. The SMILES string of the molecule is CC1=C(c2nc(-c3cccc(F)c3)no2)C(c2ccc(F)cc2)NC(=O)N1c1cccc(F)c1. The molecule has 1 atom stereocenters. The predicted molar refractivity (Wildman–Crippen MR) is 119 cm³/mol. The van der Waals surface area contributed by atoms with Crippen molar-refractivity contribution in [3.05, 3.63) is 107 Å². The van der Waals surface area contributed by atoms with E-state index < -0.39 is 29.5 Å². The molecule has 0 radical (unpaired) electrons. The lowest BCUT2D eigenvalue weighted by molar-refractivity contribution is 0.244. The summed E-state index contributed by atoms with van der Waals surface area (Å²) in [6.07, 6.45) is 0. The number of aromatic nitrogens is 2. The van der Waals surface area contributed by atoms with E-state index >= 15 is 0 Å². The maximum absolute atomic E-state index is 13.9. The van der Waals surface area contributed by atoms with Crippen LogP contribution in [0.5, 0.6) is 0 Å². The van der Waals surface area contributed by atoms with Gasteiger partial charge in [0.05, 0.1) is 17.3 Å². The maximum Gasteiger partial charge on any atom is 0.327 e. The van der Waals surface area contributed by atoms with Crippen LogP contribution in [0, 0.1) is 17.5 Å². The molecular formula is C25H17F3N4O2. The van der Waals surface area contributed by atoms with Crippen LogP contribution in [0.25, 0.3) is 17.0 Å². The lowest BCUT2D eigenvalue weighted by atomic mass is 9.94. The van der Waals surface area contributed by atoms with Gasteiger partial charge in [-0.25, -0.2) is 18.0 Å². The van der Waals surface area contributed by atoms with Crippen LogP contribution in [0.3, 0.4) is 0 Å². The maximum atomic E-state index is 13.9. The van der Waals surface area contributed by atoms with Crippen molar-refractivity contribution in [1.82, 2.24) is 15.5 Å². The molecular weight excluding hydrogens is 445 g/mol. The number of urea groups is 1. The van der Waals surface area contributed by atoms with Crippen LogP contribution < -0.4 is 10.2 Å². The largest absolute Gasteiger partial charge is 0.334 e. The second-order valence-electron chi connectivity index (χ2n) is 7.68. The van der Waals surface area contributed by atoms with Crippen molar-refractivity contribution < 1.29 is 22.5 Å². The number of rotatable bonds is 4. The predicted octanol–water partition coefficient (Wildman–Crippen LogP) is 5.86. The van der Waals surface area contributed by atoms with Crippen molar-refractivity contribution >= 4 is 17.3 Å². The van der Waals surface area contributed by atoms with Gasteiger partial charge in [0.1, 0.15) is 17.5 Å². The molecule has 1 aliphatic heterocycles. The lowest BCUT2D eigenvalue weighted by Gasteiger charge is -2.35. The van der Waals surface area contributed by atoms with Crippen LogP contribution in [0.2, 0.25) is 0 Å². The first-order valence-electron chi connectivity index (χ1n) is 10.3. The van der Waals surface area contributed by atoms with Crippen LogP contribution >= 0.6 is 0 Å². The third kappa shape index (κ3) is 3.92. The average Bonchev–Trinajstić information content (AvgIpc) is 3.29. The highest BCUT2D eigenvalue weighted by molar-refractivity contribution is 6.01. The van der Waals surface area contributed by atoms with Gasteiger partial charge in [0.15, 0.2) is 0 Å². The van der Waals surface area contributed by atoms with Gasteiger partial charge in [-0.3, -0.25) is 4.90 Å². The average molecular weight is 462 g/mol. The van der Waals surface area contributed by atoms with Gasteiger partial charge >= 0.3 is 6.03 Å². The number of carbonyl (C=O) groups excluding carboxylic acids is 1. The molecule has 0 saturated carbocycles. The third-order valence-corrected chi connectivity index (χ3v) is 5.49. The molecule has 6 nitrogen and oxygen atoms in total. The van der Waals surface area contributed by atoms with Crippen LogP contribution in [-0.2, 0) is 0 Å². The Morgan fingerprint density at radius 2 is 1.62 bits per heavy atom. The zero-order valence-corrected chi connectivity index (χ0v) is 17.8. The molecule has 0 fully saturated rings. The minimum absolute atomic E-state index is 0.0764. The van der Waals surface area contributed by atoms with Crippen molar-refractivity contribution in [2.45, 2.75) is 13.0 Å². The Labute approximate surface area is 192 Å². The fraction of sp³-hybridized carbons (Fsp3) is 0.0800. The molecule has 0 spiro atoms. The van der Waals surface area contributed by atoms with Crippen LogP contribution in [-0.4, -0.2) is 16.2 Å². The molecule has 2 heterocycles. The molecule has 3 aromatic carbocycles. The normalized spacial score (nSPS) is 16.1. The Bertz CT molecular complexity index is 1420. The van der Waals surface area contributed by atoms with Gasteiger partial charge in [-0.1, -0.05) is 35.5 Å². The number of amides is 2. The van der Waals surface area contributed by atoms with Crippen molar-refractivity contribution in [3.8, 4) is 11.4 Å². The van der Waals surface area contributed by atoms with Gasteiger partial charge in [0.2, 0.25) is 5.82 Å². The van der Waals surface area contributed by atoms with Gasteiger partial charge in [-0.05, 0) is 55.0 Å². The van der Waals surface area contributed by atoms with Gasteiger partial charge in [0.25, 0.3) is 5.89 Å². The summed E-state index contributed by atoms with van der Waals surface area (Å²) in [7, 11) is 0. The third-order valence-electron chi connectivity index (χ3n) is 5.49. The molecule has 1 N–H and O–H groups in total. The van der Waals surface area contributed by atoms with E-state index in [2.05, 4.69) is 15.5 Å². The van der Waals surface area contributed by atoms with Gasteiger partial charge in [-0.2, -0.15) is 4.98 Å². The smallest absolute Gasteiger partial charge is 0.327 e. The summed E-state index contributed by atoms with van der Waals surface area (Å²) in [5.41, 5.74) is 2.14. The molecule has 9 heteroatoms. The molecule has 5 rings (SSSR count). The summed E-state index contributed by atoms with van der Waals surface area (Å²) in [6, 6.07) is 15.7. The van der Waals surface area contributed by atoms with E-state index in [4.69, 9.17) is 4.52 Å². The summed E-state index contributed by atoms with van der Waals surface area (Å²) in [5.74, 6) is -1.16. The Morgan fingerprint density at radius 3 is 2.32 bits per heavy atom. The first-order chi connectivity index (χ1) is 16.4. The van der Waals surface area contributed by atoms with Crippen molar-refractivity contribution in [3.63, 3.8) is 0 Å². The number of carbonyl (C=O) groups is 1. The molecule has 0 saturated heterocycles. The van der Waals surface area contributed by atoms with Gasteiger partial charge in [0, 0.05) is 11.3 Å². The number of hydrogen-bond acceptors (Lipinski definition) is 4. The number of anilines is 1. The Hall–Kier alpha value is -4.40. The summed E-state index contributed by atoms with van der Waals surface area (Å²) < 4.78 is 46.7. The van der Waals surface area contributed by atoms with E-state index in [1.165, 1.54) is 65.6 Å². The van der Waals surface area contributed by atoms with Crippen molar-refractivity contribution in [1.29, 1.82) is 0 Å². The molecule has 1 aliphatic rings. The standard InChI is InChI=1S/C25H17F3N4O2/c1-14-21(24-30-23(31-34-24)16-4-2-5-18(27)12-16)22(15-8-10-17(26)11-9-15)29-25(33)32(14)20-7-3-6-19(28)13-20/h2-13,22H,1H3,(H,29,33). The van der Waals surface area contributed by atoms with E-state index in [9.17, 15) is 18.0 Å². The molecule has 1 aromatic heterocycles. The number of benzene rings is 3. The van der Waals surface area contributed by atoms with E-state index in [0.717, 1.165) is 0 Å². The van der Waals surface area contributed by atoms with E-state index in [0.29, 0.717) is 28.1 Å². The highest BCUT2D eigenvalue weighted by atomic mass is 19.1. The highest BCUT2D eigenvalue weighted by Crippen LogP contribution is 2.39. The van der Waals surface area contributed by atoms with Gasteiger partial charge < -0.3 is 9.84 Å². The Morgan fingerprint density at radius 1 is 0.912 bits per heavy atom. The Kier molecular flexibility index (Phi) is 5.37. The topological polar surface area (TPSA) is 71.3 Å². The molecule has 2 amide bonds. The quantitative estimate of drug-likeness (QED) is 0.413. The van der Waals surface area contributed by atoms with E-state index in [1.54, 1.807) is 19.1 Å². The fourth-order valence-corrected chi connectivity index (χ4v) is 3.93. The van der Waals surface area contributed by atoms with Crippen LogP contribution in [0.1, 0.15) is 24.4 Å². The minimum Gasteiger partial charge on any atom is -0.334 e. The molecule has 34 heavy (non-hydrogen) atoms. The first kappa shape index (κ1) is 21.4. The minimum atomic E-state index is -0.751.